The molecule has 0 spiro atoms. The van der Waals surface area contributed by atoms with Gasteiger partial charge < -0.3 is 0 Å². The molecule has 0 aliphatic rings. The van der Waals surface area contributed by atoms with Crippen LogP contribution in [-0.4, -0.2) is 14.8 Å². The van der Waals surface area contributed by atoms with Crippen molar-refractivity contribution < 1.29 is 0 Å². The molecule has 2 aromatic rings. The Hall–Kier alpha value is -1.42. The second kappa shape index (κ2) is 5.27. The first kappa shape index (κ1) is 12.0. The van der Waals surface area contributed by atoms with E-state index in [0.29, 0.717) is 4.77 Å². The second-order valence-corrected chi connectivity index (χ2v) is 4.44. The topological polar surface area (TPSA) is 33.6 Å². The van der Waals surface area contributed by atoms with Crippen molar-refractivity contribution in [2.45, 2.75) is 33.1 Å². The minimum atomic E-state index is 0.665. The van der Waals surface area contributed by atoms with Crippen molar-refractivity contribution in [2.75, 3.05) is 0 Å². The minimum Gasteiger partial charge on any atom is -0.272 e. The normalized spacial score (nSPS) is 10.7. The molecule has 0 saturated heterocycles. The van der Waals surface area contributed by atoms with Crippen LogP contribution in [0.3, 0.4) is 0 Å². The third-order valence-electron chi connectivity index (χ3n) is 2.82. The highest BCUT2D eigenvalue weighted by Crippen LogP contribution is 2.13. The van der Waals surface area contributed by atoms with Crippen LogP contribution in [0.1, 0.15) is 31.7 Å². The van der Waals surface area contributed by atoms with Gasteiger partial charge in [-0.1, -0.05) is 26.0 Å². The number of benzene rings is 1. The lowest BCUT2D eigenvalue weighted by Gasteiger charge is -2.06. The Bertz CT molecular complexity index is 537. The summed E-state index contributed by atoms with van der Waals surface area (Å²) in [5, 5.41) is 7.14. The lowest BCUT2D eigenvalue weighted by molar-refractivity contribution is 0.801. The maximum atomic E-state index is 5.28. The summed E-state index contributed by atoms with van der Waals surface area (Å²) in [5.74, 6) is 1.00. The molecule has 0 fully saturated rings. The predicted molar refractivity (Wildman–Crippen MR) is 72.1 cm³/mol. The van der Waals surface area contributed by atoms with Gasteiger partial charge in [-0.2, -0.15) is 5.10 Å². The third kappa shape index (κ3) is 2.47. The number of aromatic nitrogens is 3. The van der Waals surface area contributed by atoms with Crippen LogP contribution in [0.25, 0.3) is 5.69 Å². The molecule has 4 heteroatoms. The second-order valence-electron chi connectivity index (χ2n) is 4.05. The van der Waals surface area contributed by atoms with Crippen molar-refractivity contribution in [1.29, 1.82) is 0 Å². The number of aromatic amines is 1. The third-order valence-corrected chi connectivity index (χ3v) is 3.09. The summed E-state index contributed by atoms with van der Waals surface area (Å²) >= 11 is 5.28. The van der Waals surface area contributed by atoms with E-state index in [9.17, 15) is 0 Å². The van der Waals surface area contributed by atoms with Crippen molar-refractivity contribution in [1.82, 2.24) is 14.8 Å². The first-order valence-corrected chi connectivity index (χ1v) is 6.42. The van der Waals surface area contributed by atoms with E-state index in [4.69, 9.17) is 12.2 Å². The summed E-state index contributed by atoms with van der Waals surface area (Å²) in [6, 6.07) is 8.48. The van der Waals surface area contributed by atoms with Crippen molar-refractivity contribution in [3.8, 4) is 5.69 Å². The fourth-order valence-electron chi connectivity index (χ4n) is 1.87. The smallest absolute Gasteiger partial charge is 0.199 e. The van der Waals surface area contributed by atoms with Crippen molar-refractivity contribution in [3.63, 3.8) is 0 Å². The molecular formula is C13H17N3S. The average Bonchev–Trinajstić information content (AvgIpc) is 2.71. The lowest BCUT2D eigenvalue weighted by atomic mass is 10.1. The summed E-state index contributed by atoms with van der Waals surface area (Å²) in [5.41, 5.74) is 2.42. The van der Waals surface area contributed by atoms with Crippen LogP contribution in [0.4, 0.5) is 0 Å². The molecule has 1 heterocycles. The van der Waals surface area contributed by atoms with Crippen LogP contribution >= 0.6 is 12.2 Å². The number of H-pyrrole nitrogens is 1. The Morgan fingerprint density at radius 1 is 1.24 bits per heavy atom. The predicted octanol–water partition coefficient (Wildman–Crippen LogP) is 3.44. The molecule has 1 aromatic heterocycles. The zero-order chi connectivity index (χ0) is 12.3. The average molecular weight is 247 g/mol. The molecule has 0 atom stereocenters. The van der Waals surface area contributed by atoms with E-state index >= 15 is 0 Å². The molecule has 3 nitrogen and oxygen atoms in total. The minimum absolute atomic E-state index is 0.665. The van der Waals surface area contributed by atoms with Gasteiger partial charge in [0.2, 0.25) is 0 Å². The SMILES string of the molecule is CCCc1n[nH]c(=S)n1-c1ccc(CC)cc1. The maximum Gasteiger partial charge on any atom is 0.199 e. The monoisotopic (exact) mass is 247 g/mol. The molecule has 0 aliphatic heterocycles. The van der Waals surface area contributed by atoms with Gasteiger partial charge in [0.25, 0.3) is 0 Å². The Kier molecular flexibility index (Phi) is 3.74. The van der Waals surface area contributed by atoms with Gasteiger partial charge >= 0.3 is 0 Å². The summed E-state index contributed by atoms with van der Waals surface area (Å²) in [4.78, 5) is 0. The van der Waals surface area contributed by atoms with Crippen molar-refractivity contribution >= 4 is 12.2 Å². The molecule has 2 rings (SSSR count). The Morgan fingerprint density at radius 2 is 1.94 bits per heavy atom. The Balaban J connectivity index is 2.44. The largest absolute Gasteiger partial charge is 0.272 e. The van der Waals surface area contributed by atoms with Gasteiger partial charge in [0.1, 0.15) is 5.82 Å². The number of nitrogens with one attached hydrogen (secondary N) is 1. The van der Waals surface area contributed by atoms with E-state index in [1.54, 1.807) is 0 Å². The first-order chi connectivity index (χ1) is 8.26. The summed E-state index contributed by atoms with van der Waals surface area (Å²) in [6.07, 6.45) is 3.05. The molecule has 1 aromatic carbocycles. The summed E-state index contributed by atoms with van der Waals surface area (Å²) < 4.78 is 2.68. The fourth-order valence-corrected chi connectivity index (χ4v) is 2.12. The van der Waals surface area contributed by atoms with Crippen LogP contribution < -0.4 is 0 Å². The number of aryl methyl sites for hydroxylation is 2. The van der Waals surface area contributed by atoms with Crippen molar-refractivity contribution in [3.05, 3.63) is 40.4 Å². The molecule has 90 valence electrons. The van der Waals surface area contributed by atoms with E-state index in [-0.39, 0.29) is 0 Å². The molecule has 0 aliphatic carbocycles. The number of rotatable bonds is 4. The van der Waals surface area contributed by atoms with Gasteiger partial charge in [0.05, 0.1) is 0 Å². The van der Waals surface area contributed by atoms with E-state index < -0.39 is 0 Å². The van der Waals surface area contributed by atoms with Crippen LogP contribution in [0, 0.1) is 4.77 Å². The molecule has 0 radical (unpaired) electrons. The van der Waals surface area contributed by atoms with Crippen LogP contribution in [0.2, 0.25) is 0 Å². The van der Waals surface area contributed by atoms with Gasteiger partial charge in [-0.3, -0.25) is 9.67 Å². The van der Waals surface area contributed by atoms with E-state index in [1.165, 1.54) is 5.56 Å². The Labute approximate surface area is 106 Å². The molecule has 0 bridgehead atoms. The van der Waals surface area contributed by atoms with Gasteiger partial charge in [0.15, 0.2) is 4.77 Å². The first-order valence-electron chi connectivity index (χ1n) is 6.01. The van der Waals surface area contributed by atoms with Crippen LogP contribution in [0.15, 0.2) is 24.3 Å². The van der Waals surface area contributed by atoms with E-state index in [2.05, 4.69) is 48.3 Å². The quantitative estimate of drug-likeness (QED) is 0.840. The van der Waals surface area contributed by atoms with Crippen LogP contribution in [0.5, 0.6) is 0 Å². The molecule has 0 amide bonds. The molecular weight excluding hydrogens is 230 g/mol. The fraction of sp³-hybridized carbons (Fsp3) is 0.385. The van der Waals surface area contributed by atoms with Gasteiger partial charge in [0, 0.05) is 12.1 Å². The van der Waals surface area contributed by atoms with Crippen molar-refractivity contribution in [2.24, 2.45) is 0 Å². The van der Waals surface area contributed by atoms with Gasteiger partial charge in [-0.15, -0.1) is 0 Å². The van der Waals surface area contributed by atoms with E-state index in [0.717, 1.165) is 30.8 Å². The zero-order valence-corrected chi connectivity index (χ0v) is 11.0. The molecule has 17 heavy (non-hydrogen) atoms. The number of hydrogen-bond acceptors (Lipinski definition) is 2. The number of nitrogens with zero attached hydrogens (tertiary/aromatic N) is 2. The summed E-state index contributed by atoms with van der Waals surface area (Å²) in [7, 11) is 0. The highest BCUT2D eigenvalue weighted by Gasteiger charge is 2.06. The number of hydrogen-bond donors (Lipinski definition) is 1. The standard InChI is InChI=1S/C13H17N3S/c1-3-5-12-14-15-13(17)16(12)11-8-6-10(4-2)7-9-11/h6-9H,3-5H2,1-2H3,(H,15,17). The maximum absolute atomic E-state index is 5.28. The highest BCUT2D eigenvalue weighted by molar-refractivity contribution is 7.71. The Morgan fingerprint density at radius 3 is 2.53 bits per heavy atom. The van der Waals surface area contributed by atoms with Crippen LogP contribution in [-0.2, 0) is 12.8 Å². The van der Waals surface area contributed by atoms with Gasteiger partial charge in [-0.25, -0.2) is 0 Å². The molecule has 0 unspecified atom stereocenters. The highest BCUT2D eigenvalue weighted by atomic mass is 32.1. The zero-order valence-electron chi connectivity index (χ0n) is 10.2. The summed E-state index contributed by atoms with van der Waals surface area (Å²) in [6.45, 7) is 4.29. The van der Waals surface area contributed by atoms with E-state index in [1.807, 2.05) is 4.57 Å². The lowest BCUT2D eigenvalue weighted by Crippen LogP contribution is -2.01. The molecule has 1 N–H and O–H groups in total. The van der Waals surface area contributed by atoms with Gasteiger partial charge in [-0.05, 0) is 42.8 Å². The molecule has 0 saturated carbocycles.